The van der Waals surface area contributed by atoms with Crippen molar-refractivity contribution in [3.05, 3.63) is 33.8 Å². The summed E-state index contributed by atoms with van der Waals surface area (Å²) in [5, 5.41) is 10.6. The molecule has 0 aromatic carbocycles. The Bertz CT molecular complexity index is 572. The third-order valence-electron chi connectivity index (χ3n) is 3.36. The SMILES string of the molecule is CC(NCc1cc(-c2cccs2)cs1)C(=O)NC1CC1. The lowest BCUT2D eigenvalue weighted by Gasteiger charge is -2.12. The normalized spacial score (nSPS) is 16.1. The van der Waals surface area contributed by atoms with Gasteiger partial charge in [-0.15, -0.1) is 22.7 Å². The van der Waals surface area contributed by atoms with Gasteiger partial charge < -0.3 is 10.6 Å². The summed E-state index contributed by atoms with van der Waals surface area (Å²) in [6.07, 6.45) is 2.26. The van der Waals surface area contributed by atoms with E-state index in [-0.39, 0.29) is 11.9 Å². The maximum absolute atomic E-state index is 11.8. The van der Waals surface area contributed by atoms with Gasteiger partial charge in [0.05, 0.1) is 6.04 Å². The standard InChI is InChI=1S/C15H18N2OS2/c1-10(15(18)17-12-4-5-12)16-8-13-7-11(9-20-13)14-3-2-6-19-14/h2-3,6-7,9-10,12,16H,4-5,8H2,1H3,(H,17,18). The Morgan fingerprint density at radius 1 is 1.45 bits per heavy atom. The molecule has 1 atom stereocenters. The Labute approximate surface area is 127 Å². The molecule has 0 spiro atoms. The zero-order chi connectivity index (χ0) is 13.9. The van der Waals surface area contributed by atoms with Crippen LogP contribution < -0.4 is 10.6 Å². The van der Waals surface area contributed by atoms with Gasteiger partial charge in [-0.1, -0.05) is 6.07 Å². The highest BCUT2D eigenvalue weighted by atomic mass is 32.1. The summed E-state index contributed by atoms with van der Waals surface area (Å²) in [6.45, 7) is 2.67. The number of carbonyl (C=O) groups excluding carboxylic acids is 1. The van der Waals surface area contributed by atoms with Gasteiger partial charge in [-0.05, 0) is 42.7 Å². The van der Waals surface area contributed by atoms with Crippen molar-refractivity contribution in [1.82, 2.24) is 10.6 Å². The van der Waals surface area contributed by atoms with E-state index in [1.54, 1.807) is 22.7 Å². The summed E-state index contributed by atoms with van der Waals surface area (Å²) in [4.78, 5) is 14.4. The van der Waals surface area contributed by atoms with E-state index in [2.05, 4.69) is 39.6 Å². The fourth-order valence-corrected chi connectivity index (χ4v) is 3.57. The maximum atomic E-state index is 11.8. The van der Waals surface area contributed by atoms with E-state index in [0.717, 1.165) is 19.4 Å². The quantitative estimate of drug-likeness (QED) is 0.860. The molecule has 0 bridgehead atoms. The van der Waals surface area contributed by atoms with Gasteiger partial charge in [0.1, 0.15) is 0 Å². The van der Waals surface area contributed by atoms with Crippen LogP contribution in [0.15, 0.2) is 29.0 Å². The van der Waals surface area contributed by atoms with Crippen LogP contribution >= 0.6 is 22.7 Å². The second kappa shape index (κ2) is 6.08. The molecule has 3 rings (SSSR count). The number of rotatable bonds is 6. The molecule has 0 aliphatic heterocycles. The van der Waals surface area contributed by atoms with Crippen molar-refractivity contribution in [3.63, 3.8) is 0 Å². The first kappa shape index (κ1) is 13.8. The number of carbonyl (C=O) groups is 1. The van der Waals surface area contributed by atoms with Gasteiger partial charge in [-0.2, -0.15) is 0 Å². The molecule has 5 heteroatoms. The van der Waals surface area contributed by atoms with Crippen LogP contribution in [0.1, 0.15) is 24.6 Å². The molecule has 2 aromatic rings. The Morgan fingerprint density at radius 2 is 2.30 bits per heavy atom. The Morgan fingerprint density at radius 3 is 3.00 bits per heavy atom. The van der Waals surface area contributed by atoms with Crippen molar-refractivity contribution < 1.29 is 4.79 Å². The smallest absolute Gasteiger partial charge is 0.237 e. The van der Waals surface area contributed by atoms with Crippen molar-refractivity contribution in [2.75, 3.05) is 0 Å². The third-order valence-corrected chi connectivity index (χ3v) is 5.21. The number of amides is 1. The minimum atomic E-state index is -0.136. The molecule has 1 unspecified atom stereocenters. The summed E-state index contributed by atoms with van der Waals surface area (Å²) < 4.78 is 0. The second-order valence-electron chi connectivity index (χ2n) is 5.16. The average molecular weight is 306 g/mol. The molecule has 0 saturated heterocycles. The van der Waals surface area contributed by atoms with Crippen molar-refractivity contribution >= 4 is 28.6 Å². The highest BCUT2D eigenvalue weighted by molar-refractivity contribution is 7.14. The van der Waals surface area contributed by atoms with E-state index < -0.39 is 0 Å². The summed E-state index contributed by atoms with van der Waals surface area (Å²) >= 11 is 3.49. The predicted molar refractivity (Wildman–Crippen MR) is 85.1 cm³/mol. The lowest BCUT2D eigenvalue weighted by molar-refractivity contribution is -0.122. The van der Waals surface area contributed by atoms with Crippen LogP contribution in [-0.4, -0.2) is 18.0 Å². The molecule has 1 amide bonds. The van der Waals surface area contributed by atoms with Gasteiger partial charge in [0, 0.05) is 27.9 Å². The van der Waals surface area contributed by atoms with Gasteiger partial charge in [0.2, 0.25) is 5.91 Å². The molecule has 2 N–H and O–H groups in total. The van der Waals surface area contributed by atoms with Crippen LogP contribution in [-0.2, 0) is 11.3 Å². The van der Waals surface area contributed by atoms with E-state index in [4.69, 9.17) is 0 Å². The van der Waals surface area contributed by atoms with E-state index >= 15 is 0 Å². The lowest BCUT2D eigenvalue weighted by atomic mass is 10.2. The topological polar surface area (TPSA) is 41.1 Å². The minimum absolute atomic E-state index is 0.113. The molecule has 1 saturated carbocycles. The van der Waals surface area contributed by atoms with Gasteiger partial charge in [0.15, 0.2) is 0 Å². The van der Waals surface area contributed by atoms with Crippen molar-refractivity contribution in [1.29, 1.82) is 0 Å². The van der Waals surface area contributed by atoms with Gasteiger partial charge in [-0.3, -0.25) is 4.79 Å². The summed E-state index contributed by atoms with van der Waals surface area (Å²) in [5.74, 6) is 0.113. The van der Waals surface area contributed by atoms with Gasteiger partial charge >= 0.3 is 0 Å². The van der Waals surface area contributed by atoms with Crippen LogP contribution in [0.5, 0.6) is 0 Å². The minimum Gasteiger partial charge on any atom is -0.352 e. The number of nitrogens with one attached hydrogen (secondary N) is 2. The van der Waals surface area contributed by atoms with Crippen LogP contribution in [0, 0.1) is 0 Å². The lowest BCUT2D eigenvalue weighted by Crippen LogP contribution is -2.42. The second-order valence-corrected chi connectivity index (χ2v) is 7.11. The highest BCUT2D eigenvalue weighted by Gasteiger charge is 2.25. The van der Waals surface area contributed by atoms with E-state index in [1.165, 1.54) is 15.3 Å². The first-order chi connectivity index (χ1) is 9.72. The fraction of sp³-hybridized carbons (Fsp3) is 0.400. The zero-order valence-electron chi connectivity index (χ0n) is 11.4. The molecule has 0 radical (unpaired) electrons. The molecule has 1 fully saturated rings. The van der Waals surface area contributed by atoms with Crippen molar-refractivity contribution in [2.45, 2.75) is 38.4 Å². The van der Waals surface area contributed by atoms with Crippen LogP contribution in [0.3, 0.4) is 0 Å². The Balaban J connectivity index is 1.51. The molecular formula is C15H18N2OS2. The molecule has 2 aromatic heterocycles. The molecule has 106 valence electrons. The van der Waals surface area contributed by atoms with E-state index in [0.29, 0.717) is 6.04 Å². The number of hydrogen-bond donors (Lipinski definition) is 2. The molecule has 1 aliphatic carbocycles. The van der Waals surface area contributed by atoms with Crippen molar-refractivity contribution in [2.24, 2.45) is 0 Å². The van der Waals surface area contributed by atoms with Crippen LogP contribution in [0.4, 0.5) is 0 Å². The zero-order valence-corrected chi connectivity index (χ0v) is 13.0. The first-order valence-electron chi connectivity index (χ1n) is 6.87. The highest BCUT2D eigenvalue weighted by Crippen LogP contribution is 2.29. The molecule has 20 heavy (non-hydrogen) atoms. The fourth-order valence-electron chi connectivity index (χ4n) is 1.95. The Kier molecular flexibility index (Phi) is 4.19. The Hall–Kier alpha value is -1.17. The maximum Gasteiger partial charge on any atom is 0.237 e. The first-order valence-corrected chi connectivity index (χ1v) is 8.63. The molecular weight excluding hydrogens is 288 g/mol. The largest absolute Gasteiger partial charge is 0.352 e. The van der Waals surface area contributed by atoms with Crippen LogP contribution in [0.2, 0.25) is 0 Å². The third kappa shape index (κ3) is 3.48. The summed E-state index contributed by atoms with van der Waals surface area (Å²) in [5.41, 5.74) is 1.27. The number of hydrogen-bond acceptors (Lipinski definition) is 4. The van der Waals surface area contributed by atoms with Crippen LogP contribution in [0.25, 0.3) is 10.4 Å². The average Bonchev–Trinajstić information content (AvgIpc) is 2.97. The monoisotopic (exact) mass is 306 g/mol. The van der Waals surface area contributed by atoms with Gasteiger partial charge in [0.25, 0.3) is 0 Å². The number of thiophene rings is 2. The van der Waals surface area contributed by atoms with E-state index in [1.807, 2.05) is 6.92 Å². The van der Waals surface area contributed by atoms with Crippen molar-refractivity contribution in [3.8, 4) is 10.4 Å². The van der Waals surface area contributed by atoms with Gasteiger partial charge in [-0.25, -0.2) is 0 Å². The molecule has 2 heterocycles. The summed E-state index contributed by atoms with van der Waals surface area (Å²) in [6, 6.07) is 6.70. The summed E-state index contributed by atoms with van der Waals surface area (Å²) in [7, 11) is 0. The molecule has 1 aliphatic rings. The van der Waals surface area contributed by atoms with E-state index in [9.17, 15) is 4.79 Å². The molecule has 3 nitrogen and oxygen atoms in total. The predicted octanol–water partition coefficient (Wildman–Crippen LogP) is 3.23.